The molecule has 0 aliphatic carbocycles. The van der Waals surface area contributed by atoms with E-state index in [4.69, 9.17) is 35.4 Å². The standard InChI is InChI=1S/C23H18Cl2N2OS2/c1-13-4-6-17(7-5-13)27-22(28)21(30-23(27)29)11-16-10-14(2)26(15(16)3)18-8-9-19(24)20(25)12-18/h4-12H,1-3H3/b21-11+. The molecule has 3 aromatic rings. The lowest BCUT2D eigenvalue weighted by Gasteiger charge is -2.14. The molecule has 30 heavy (non-hydrogen) atoms. The van der Waals surface area contributed by atoms with Crippen LogP contribution in [0.1, 0.15) is 22.5 Å². The summed E-state index contributed by atoms with van der Waals surface area (Å²) in [5.74, 6) is -0.104. The van der Waals surface area contributed by atoms with Crippen LogP contribution in [0.4, 0.5) is 5.69 Å². The molecule has 3 nitrogen and oxygen atoms in total. The molecule has 4 rings (SSSR count). The van der Waals surface area contributed by atoms with Crippen LogP contribution in [0.5, 0.6) is 0 Å². The number of amides is 1. The van der Waals surface area contributed by atoms with Crippen LogP contribution in [-0.2, 0) is 4.79 Å². The number of anilines is 1. The molecule has 7 heteroatoms. The Balaban J connectivity index is 1.70. The molecule has 0 saturated carbocycles. The lowest BCUT2D eigenvalue weighted by atomic mass is 10.2. The monoisotopic (exact) mass is 472 g/mol. The fourth-order valence-electron chi connectivity index (χ4n) is 3.48. The van der Waals surface area contributed by atoms with Crippen molar-refractivity contribution in [2.24, 2.45) is 0 Å². The van der Waals surface area contributed by atoms with Gasteiger partial charge in [-0.1, -0.05) is 64.9 Å². The maximum absolute atomic E-state index is 13.1. The molecule has 1 aliphatic heterocycles. The van der Waals surface area contributed by atoms with Gasteiger partial charge in [0.15, 0.2) is 4.32 Å². The Bertz CT molecular complexity index is 1210. The van der Waals surface area contributed by atoms with Gasteiger partial charge in [0.25, 0.3) is 5.91 Å². The minimum Gasteiger partial charge on any atom is -0.318 e. The molecule has 2 aromatic carbocycles. The third-order valence-corrected chi connectivity index (χ3v) is 7.05. The summed E-state index contributed by atoms with van der Waals surface area (Å²) in [6.07, 6.45) is 1.91. The molecule has 152 valence electrons. The van der Waals surface area contributed by atoms with Crippen molar-refractivity contribution in [1.29, 1.82) is 0 Å². The molecular formula is C23H18Cl2N2OS2. The lowest BCUT2D eigenvalue weighted by Crippen LogP contribution is -2.27. The Morgan fingerprint density at radius 3 is 2.27 bits per heavy atom. The normalized spacial score (nSPS) is 15.5. The van der Waals surface area contributed by atoms with Gasteiger partial charge in [-0.2, -0.15) is 0 Å². The number of aromatic nitrogens is 1. The number of aryl methyl sites for hydroxylation is 2. The van der Waals surface area contributed by atoms with Crippen molar-refractivity contribution in [2.75, 3.05) is 4.90 Å². The van der Waals surface area contributed by atoms with E-state index in [1.54, 1.807) is 11.0 Å². The molecule has 1 aromatic heterocycles. The molecule has 1 fully saturated rings. The van der Waals surface area contributed by atoms with E-state index in [0.717, 1.165) is 33.9 Å². The van der Waals surface area contributed by atoms with Crippen molar-refractivity contribution < 1.29 is 4.79 Å². The zero-order valence-corrected chi connectivity index (χ0v) is 19.7. The smallest absolute Gasteiger partial charge is 0.270 e. The van der Waals surface area contributed by atoms with Crippen LogP contribution in [0.25, 0.3) is 11.8 Å². The van der Waals surface area contributed by atoms with E-state index < -0.39 is 0 Å². The first kappa shape index (κ1) is 21.2. The number of carbonyl (C=O) groups is 1. The Labute approximate surface area is 195 Å². The van der Waals surface area contributed by atoms with Gasteiger partial charge in [0, 0.05) is 17.1 Å². The second-order valence-electron chi connectivity index (χ2n) is 7.11. The van der Waals surface area contributed by atoms with Crippen LogP contribution < -0.4 is 4.90 Å². The van der Waals surface area contributed by atoms with E-state index >= 15 is 0 Å². The number of thiocarbonyl (C=S) groups is 1. The highest BCUT2D eigenvalue weighted by Crippen LogP contribution is 2.37. The van der Waals surface area contributed by atoms with Gasteiger partial charge in [-0.3, -0.25) is 9.69 Å². The van der Waals surface area contributed by atoms with Crippen molar-refractivity contribution in [3.05, 3.63) is 86.0 Å². The van der Waals surface area contributed by atoms with Crippen molar-refractivity contribution in [3.8, 4) is 5.69 Å². The fraction of sp³-hybridized carbons (Fsp3) is 0.130. The Morgan fingerprint density at radius 1 is 0.933 bits per heavy atom. The maximum atomic E-state index is 13.1. The lowest BCUT2D eigenvalue weighted by molar-refractivity contribution is -0.113. The first-order valence-electron chi connectivity index (χ1n) is 9.25. The van der Waals surface area contributed by atoms with Crippen LogP contribution in [0.2, 0.25) is 10.0 Å². The van der Waals surface area contributed by atoms with Gasteiger partial charge in [0.1, 0.15) is 0 Å². The molecule has 0 atom stereocenters. The summed E-state index contributed by atoms with van der Waals surface area (Å²) < 4.78 is 2.63. The highest BCUT2D eigenvalue weighted by molar-refractivity contribution is 8.27. The third-order valence-electron chi connectivity index (χ3n) is 5.00. The molecule has 0 spiro atoms. The van der Waals surface area contributed by atoms with Gasteiger partial charge in [-0.25, -0.2) is 0 Å². The second kappa shape index (κ2) is 8.23. The van der Waals surface area contributed by atoms with Crippen LogP contribution >= 0.6 is 47.2 Å². The van der Waals surface area contributed by atoms with E-state index in [1.807, 2.05) is 63.2 Å². The summed E-state index contributed by atoms with van der Waals surface area (Å²) in [5.41, 5.74) is 5.84. The highest BCUT2D eigenvalue weighted by Gasteiger charge is 2.33. The summed E-state index contributed by atoms with van der Waals surface area (Å²) in [4.78, 5) is 15.3. The number of carbonyl (C=O) groups excluding carboxylic acids is 1. The van der Waals surface area contributed by atoms with Gasteiger partial charge in [0.2, 0.25) is 0 Å². The topological polar surface area (TPSA) is 25.2 Å². The minimum atomic E-state index is -0.104. The predicted octanol–water partition coefficient (Wildman–Crippen LogP) is 7.12. The first-order valence-corrected chi connectivity index (χ1v) is 11.2. The average Bonchev–Trinajstić information content (AvgIpc) is 3.13. The summed E-state index contributed by atoms with van der Waals surface area (Å²) in [6, 6.07) is 15.4. The zero-order valence-electron chi connectivity index (χ0n) is 16.6. The van der Waals surface area contributed by atoms with E-state index in [0.29, 0.717) is 19.3 Å². The van der Waals surface area contributed by atoms with E-state index in [1.165, 1.54) is 11.8 Å². The SMILES string of the molecule is Cc1ccc(N2C(=O)/C(=C\c3cc(C)n(-c4ccc(Cl)c(Cl)c4)c3C)SC2=S)cc1. The second-order valence-corrected chi connectivity index (χ2v) is 9.60. The Hall–Kier alpha value is -2.05. The predicted molar refractivity (Wildman–Crippen MR) is 132 cm³/mol. The molecule has 1 amide bonds. The maximum Gasteiger partial charge on any atom is 0.270 e. The largest absolute Gasteiger partial charge is 0.318 e. The summed E-state index contributed by atoms with van der Waals surface area (Å²) in [5, 5.41) is 1.02. The van der Waals surface area contributed by atoms with Crippen molar-refractivity contribution in [2.45, 2.75) is 20.8 Å². The quantitative estimate of drug-likeness (QED) is 0.299. The number of hydrogen-bond acceptors (Lipinski definition) is 3. The molecule has 2 heterocycles. The van der Waals surface area contributed by atoms with Crippen molar-refractivity contribution >= 4 is 69.2 Å². The molecule has 0 bridgehead atoms. The summed E-state index contributed by atoms with van der Waals surface area (Å²) in [7, 11) is 0. The molecule has 1 saturated heterocycles. The zero-order chi connectivity index (χ0) is 21.6. The summed E-state index contributed by atoms with van der Waals surface area (Å²) in [6.45, 7) is 6.05. The van der Waals surface area contributed by atoms with Gasteiger partial charge in [0.05, 0.1) is 20.6 Å². The van der Waals surface area contributed by atoms with Crippen molar-refractivity contribution in [1.82, 2.24) is 4.57 Å². The molecule has 0 unspecified atom stereocenters. The van der Waals surface area contributed by atoms with E-state index in [9.17, 15) is 4.79 Å². The Morgan fingerprint density at radius 2 is 1.60 bits per heavy atom. The average molecular weight is 473 g/mol. The van der Waals surface area contributed by atoms with E-state index in [2.05, 4.69) is 10.6 Å². The van der Waals surface area contributed by atoms with Gasteiger partial charge in [-0.15, -0.1) is 0 Å². The first-order chi connectivity index (χ1) is 14.3. The number of benzene rings is 2. The van der Waals surface area contributed by atoms with Crippen LogP contribution in [-0.4, -0.2) is 14.8 Å². The van der Waals surface area contributed by atoms with Gasteiger partial charge < -0.3 is 4.57 Å². The van der Waals surface area contributed by atoms with E-state index in [-0.39, 0.29) is 5.91 Å². The molecule has 0 N–H and O–H groups in total. The fourth-order valence-corrected chi connectivity index (χ4v) is 5.06. The highest BCUT2D eigenvalue weighted by atomic mass is 35.5. The van der Waals surface area contributed by atoms with Gasteiger partial charge in [-0.05, 0) is 68.8 Å². The Kier molecular flexibility index (Phi) is 5.82. The number of thioether (sulfide) groups is 1. The number of halogens is 2. The third kappa shape index (κ3) is 3.83. The van der Waals surface area contributed by atoms with Crippen molar-refractivity contribution in [3.63, 3.8) is 0 Å². The number of rotatable bonds is 3. The number of nitrogens with zero attached hydrogens (tertiary/aromatic N) is 2. The summed E-state index contributed by atoms with van der Waals surface area (Å²) >= 11 is 19.1. The van der Waals surface area contributed by atoms with Crippen LogP contribution in [0, 0.1) is 20.8 Å². The van der Waals surface area contributed by atoms with Gasteiger partial charge >= 0.3 is 0 Å². The minimum absolute atomic E-state index is 0.104. The number of hydrogen-bond donors (Lipinski definition) is 0. The van der Waals surface area contributed by atoms with Crippen LogP contribution in [0.15, 0.2) is 53.4 Å². The molecule has 1 aliphatic rings. The molecule has 0 radical (unpaired) electrons. The molecular weight excluding hydrogens is 455 g/mol. The van der Waals surface area contributed by atoms with Crippen LogP contribution in [0.3, 0.4) is 0 Å².